The summed E-state index contributed by atoms with van der Waals surface area (Å²) in [5, 5.41) is 3.43. The first kappa shape index (κ1) is 14.0. The summed E-state index contributed by atoms with van der Waals surface area (Å²) >= 11 is 0. The van der Waals surface area contributed by atoms with Gasteiger partial charge in [0.25, 0.3) is 0 Å². The third-order valence-corrected chi connectivity index (χ3v) is 4.93. The highest BCUT2D eigenvalue weighted by molar-refractivity contribution is 6.05. The molecule has 2 amide bonds. The number of hydrogen-bond donors (Lipinski definition) is 1. The molecule has 0 aromatic rings. The van der Waals surface area contributed by atoms with Crippen molar-refractivity contribution in [3.8, 4) is 0 Å². The van der Waals surface area contributed by atoms with Gasteiger partial charge in [0.2, 0.25) is 11.8 Å². The number of amides is 2. The molecule has 0 aromatic heterocycles. The Labute approximate surface area is 120 Å². The van der Waals surface area contributed by atoms with Gasteiger partial charge < -0.3 is 10.2 Å². The van der Waals surface area contributed by atoms with Gasteiger partial charge in [-0.1, -0.05) is 12.8 Å². The Morgan fingerprint density at radius 2 is 1.85 bits per heavy atom. The van der Waals surface area contributed by atoms with Gasteiger partial charge in [-0.15, -0.1) is 0 Å². The number of likely N-dealkylation sites (tertiary alicyclic amines) is 2. The van der Waals surface area contributed by atoms with E-state index in [0.29, 0.717) is 12.5 Å². The van der Waals surface area contributed by atoms with Crippen LogP contribution in [0.2, 0.25) is 0 Å². The van der Waals surface area contributed by atoms with E-state index in [2.05, 4.69) is 17.3 Å². The highest BCUT2D eigenvalue weighted by Gasteiger charge is 2.43. The molecule has 1 N–H and O–H groups in total. The quantitative estimate of drug-likeness (QED) is 0.774. The first-order valence-electron chi connectivity index (χ1n) is 7.95. The third-order valence-electron chi connectivity index (χ3n) is 4.93. The maximum absolute atomic E-state index is 12.5. The summed E-state index contributed by atoms with van der Waals surface area (Å²) in [6.45, 7) is 2.10. The molecule has 2 saturated heterocycles. The SMILES string of the molecule is CN1CCCC(NC2CC(=O)N(C3CCCC3)C2=O)C1. The summed E-state index contributed by atoms with van der Waals surface area (Å²) < 4.78 is 0. The van der Waals surface area contributed by atoms with Crippen molar-refractivity contribution in [2.24, 2.45) is 0 Å². The molecule has 0 radical (unpaired) electrons. The highest BCUT2D eigenvalue weighted by Crippen LogP contribution is 2.28. The maximum atomic E-state index is 12.5. The van der Waals surface area contributed by atoms with Crippen LogP contribution in [0.4, 0.5) is 0 Å². The highest BCUT2D eigenvalue weighted by atomic mass is 16.2. The molecule has 5 heteroatoms. The smallest absolute Gasteiger partial charge is 0.247 e. The summed E-state index contributed by atoms with van der Waals surface area (Å²) in [5.41, 5.74) is 0. The van der Waals surface area contributed by atoms with E-state index in [1.165, 1.54) is 0 Å². The number of hydrogen-bond acceptors (Lipinski definition) is 4. The standard InChI is InChI=1S/C15H25N3O2/c1-17-8-4-5-11(10-17)16-13-9-14(19)18(15(13)20)12-6-2-3-7-12/h11-13,16H,2-10H2,1H3. The Morgan fingerprint density at radius 3 is 2.55 bits per heavy atom. The average molecular weight is 279 g/mol. The van der Waals surface area contributed by atoms with Crippen molar-refractivity contribution in [3.63, 3.8) is 0 Å². The van der Waals surface area contributed by atoms with Gasteiger partial charge in [-0.3, -0.25) is 14.5 Å². The van der Waals surface area contributed by atoms with Gasteiger partial charge in [0.1, 0.15) is 0 Å². The van der Waals surface area contributed by atoms with E-state index in [1.54, 1.807) is 4.90 Å². The molecule has 2 atom stereocenters. The number of nitrogens with one attached hydrogen (secondary N) is 1. The fourth-order valence-electron chi connectivity index (χ4n) is 3.91. The van der Waals surface area contributed by atoms with E-state index in [4.69, 9.17) is 0 Å². The summed E-state index contributed by atoms with van der Waals surface area (Å²) in [4.78, 5) is 28.5. The molecule has 1 aliphatic carbocycles. The topological polar surface area (TPSA) is 52.7 Å². The van der Waals surface area contributed by atoms with Crippen LogP contribution in [-0.4, -0.2) is 59.9 Å². The Morgan fingerprint density at radius 1 is 1.10 bits per heavy atom. The van der Waals surface area contributed by atoms with Gasteiger partial charge in [0, 0.05) is 18.6 Å². The van der Waals surface area contributed by atoms with Crippen LogP contribution in [0.5, 0.6) is 0 Å². The molecule has 112 valence electrons. The van der Waals surface area contributed by atoms with Crippen LogP contribution in [0, 0.1) is 0 Å². The van der Waals surface area contributed by atoms with E-state index in [9.17, 15) is 9.59 Å². The minimum absolute atomic E-state index is 0.0233. The molecule has 2 heterocycles. The van der Waals surface area contributed by atoms with Crippen LogP contribution in [0.25, 0.3) is 0 Å². The van der Waals surface area contributed by atoms with Crippen molar-refractivity contribution in [1.29, 1.82) is 0 Å². The summed E-state index contributed by atoms with van der Waals surface area (Å²) in [5.74, 6) is 0.0543. The third kappa shape index (κ3) is 2.74. The van der Waals surface area contributed by atoms with E-state index >= 15 is 0 Å². The predicted octanol–water partition coefficient (Wildman–Crippen LogP) is 0.740. The lowest BCUT2D eigenvalue weighted by Crippen LogP contribution is -2.51. The van der Waals surface area contributed by atoms with E-state index in [-0.39, 0.29) is 23.9 Å². The van der Waals surface area contributed by atoms with E-state index in [1.807, 2.05) is 0 Å². The molecule has 20 heavy (non-hydrogen) atoms. The molecule has 1 saturated carbocycles. The van der Waals surface area contributed by atoms with Crippen LogP contribution >= 0.6 is 0 Å². The minimum atomic E-state index is -0.278. The number of piperidine rings is 1. The van der Waals surface area contributed by atoms with E-state index < -0.39 is 0 Å². The molecular weight excluding hydrogens is 254 g/mol. The van der Waals surface area contributed by atoms with Crippen LogP contribution < -0.4 is 5.32 Å². The first-order valence-corrected chi connectivity index (χ1v) is 7.95. The zero-order valence-electron chi connectivity index (χ0n) is 12.3. The zero-order valence-corrected chi connectivity index (χ0v) is 12.3. The van der Waals surface area contributed by atoms with Crippen LogP contribution in [0.1, 0.15) is 44.9 Å². The van der Waals surface area contributed by atoms with Gasteiger partial charge in [-0.25, -0.2) is 0 Å². The fourth-order valence-corrected chi connectivity index (χ4v) is 3.91. The maximum Gasteiger partial charge on any atom is 0.247 e. The summed E-state index contributed by atoms with van der Waals surface area (Å²) in [6, 6.07) is 0.245. The monoisotopic (exact) mass is 279 g/mol. The van der Waals surface area contributed by atoms with Gasteiger partial charge in [0.15, 0.2) is 0 Å². The largest absolute Gasteiger partial charge is 0.305 e. The Hall–Kier alpha value is -0.940. The van der Waals surface area contributed by atoms with Crippen molar-refractivity contribution >= 4 is 11.8 Å². The number of nitrogens with zero attached hydrogens (tertiary/aromatic N) is 2. The number of carbonyl (C=O) groups is 2. The first-order chi connectivity index (χ1) is 9.65. The van der Waals surface area contributed by atoms with Crippen molar-refractivity contribution in [1.82, 2.24) is 15.1 Å². The second-order valence-electron chi connectivity index (χ2n) is 6.57. The molecule has 0 spiro atoms. The van der Waals surface area contributed by atoms with Crippen LogP contribution in [-0.2, 0) is 9.59 Å². The molecule has 3 aliphatic rings. The summed E-state index contributed by atoms with van der Waals surface area (Å²) in [6.07, 6.45) is 6.91. The van der Waals surface area contributed by atoms with Crippen molar-refractivity contribution in [2.45, 2.75) is 63.1 Å². The summed E-state index contributed by atoms with van der Waals surface area (Å²) in [7, 11) is 2.11. The lowest BCUT2D eigenvalue weighted by molar-refractivity contribution is -0.141. The number of rotatable bonds is 3. The average Bonchev–Trinajstić information content (AvgIpc) is 2.99. The van der Waals surface area contributed by atoms with E-state index in [0.717, 1.165) is 51.6 Å². The molecule has 0 aromatic carbocycles. The van der Waals surface area contributed by atoms with Crippen LogP contribution in [0.15, 0.2) is 0 Å². The molecule has 3 fully saturated rings. The molecule has 5 nitrogen and oxygen atoms in total. The second-order valence-corrected chi connectivity index (χ2v) is 6.57. The second kappa shape index (κ2) is 5.82. The Balaban J connectivity index is 1.60. The molecule has 3 rings (SSSR count). The number of likely N-dealkylation sites (N-methyl/N-ethyl adjacent to an activating group) is 1. The lowest BCUT2D eigenvalue weighted by Gasteiger charge is -2.32. The normalized spacial score (nSPS) is 33.4. The Kier molecular flexibility index (Phi) is 4.08. The lowest BCUT2D eigenvalue weighted by atomic mass is 10.0. The van der Waals surface area contributed by atoms with Crippen molar-refractivity contribution in [3.05, 3.63) is 0 Å². The fraction of sp³-hybridized carbons (Fsp3) is 0.867. The van der Waals surface area contributed by atoms with Gasteiger partial charge in [0.05, 0.1) is 12.5 Å². The van der Waals surface area contributed by atoms with Crippen molar-refractivity contribution in [2.75, 3.05) is 20.1 Å². The molecular formula is C15H25N3O2. The Bertz CT molecular complexity index is 393. The number of carbonyl (C=O) groups excluding carboxylic acids is 2. The molecule has 2 unspecified atom stereocenters. The van der Waals surface area contributed by atoms with Gasteiger partial charge >= 0.3 is 0 Å². The predicted molar refractivity (Wildman–Crippen MR) is 76.2 cm³/mol. The number of imide groups is 1. The van der Waals surface area contributed by atoms with Gasteiger partial charge in [-0.2, -0.15) is 0 Å². The van der Waals surface area contributed by atoms with Crippen LogP contribution in [0.3, 0.4) is 0 Å². The minimum Gasteiger partial charge on any atom is -0.305 e. The van der Waals surface area contributed by atoms with Gasteiger partial charge in [-0.05, 0) is 39.3 Å². The van der Waals surface area contributed by atoms with Crippen molar-refractivity contribution < 1.29 is 9.59 Å². The zero-order chi connectivity index (χ0) is 14.1. The molecule has 2 aliphatic heterocycles. The molecule has 0 bridgehead atoms.